The molecule has 2 rings (SSSR count). The van der Waals surface area contributed by atoms with E-state index < -0.39 is 10.0 Å². The quantitative estimate of drug-likeness (QED) is 0.876. The van der Waals surface area contributed by atoms with Crippen LogP contribution in [0, 0.1) is 0 Å². The molecule has 0 aliphatic heterocycles. The molecule has 2 aromatic heterocycles. The van der Waals surface area contributed by atoms with Crippen LogP contribution >= 0.6 is 34.5 Å². The fraction of sp³-hybridized carbons (Fsp3) is 0.111. The Morgan fingerprint density at radius 2 is 2.11 bits per heavy atom. The second kappa shape index (κ2) is 5.50. The Morgan fingerprint density at radius 1 is 1.33 bits per heavy atom. The molecule has 0 atom stereocenters. The smallest absolute Gasteiger partial charge is 0.242 e. The maximum absolute atomic E-state index is 11.9. The van der Waals surface area contributed by atoms with Crippen LogP contribution in [0.5, 0.6) is 0 Å². The number of thiazole rings is 1. The van der Waals surface area contributed by atoms with E-state index in [9.17, 15) is 8.42 Å². The van der Waals surface area contributed by atoms with Crippen molar-refractivity contribution in [3.63, 3.8) is 0 Å². The van der Waals surface area contributed by atoms with E-state index in [1.54, 1.807) is 11.7 Å². The van der Waals surface area contributed by atoms with Crippen LogP contribution in [0.1, 0.15) is 4.88 Å². The van der Waals surface area contributed by atoms with Crippen LogP contribution in [0.2, 0.25) is 10.2 Å². The fourth-order valence-corrected chi connectivity index (χ4v) is 3.07. The van der Waals surface area contributed by atoms with Crippen molar-refractivity contribution >= 4 is 44.6 Å². The van der Waals surface area contributed by atoms with E-state index >= 15 is 0 Å². The van der Waals surface area contributed by atoms with Crippen molar-refractivity contribution in [2.24, 2.45) is 0 Å². The zero-order valence-corrected chi connectivity index (χ0v) is 11.9. The third-order valence-electron chi connectivity index (χ3n) is 2.00. The van der Waals surface area contributed by atoms with E-state index in [0.717, 1.165) is 11.1 Å². The van der Waals surface area contributed by atoms with Crippen LogP contribution in [0.4, 0.5) is 0 Å². The second-order valence-electron chi connectivity index (χ2n) is 3.24. The van der Waals surface area contributed by atoms with Crippen molar-refractivity contribution in [3.8, 4) is 0 Å². The minimum atomic E-state index is -3.65. The highest BCUT2D eigenvalue weighted by molar-refractivity contribution is 7.89. The van der Waals surface area contributed by atoms with E-state index in [4.69, 9.17) is 23.2 Å². The molecule has 0 saturated carbocycles. The lowest BCUT2D eigenvalue weighted by Gasteiger charge is -2.05. The first-order valence-electron chi connectivity index (χ1n) is 4.67. The van der Waals surface area contributed by atoms with Gasteiger partial charge in [0.25, 0.3) is 0 Å². The highest BCUT2D eigenvalue weighted by atomic mass is 35.5. The number of aromatic nitrogens is 2. The zero-order chi connectivity index (χ0) is 13.2. The number of nitrogens with one attached hydrogen (secondary N) is 1. The molecule has 2 heterocycles. The molecule has 2 aromatic rings. The van der Waals surface area contributed by atoms with Crippen molar-refractivity contribution in [1.29, 1.82) is 0 Å². The Morgan fingerprint density at radius 3 is 2.72 bits per heavy atom. The molecule has 5 nitrogen and oxygen atoms in total. The summed E-state index contributed by atoms with van der Waals surface area (Å²) in [7, 11) is -3.65. The number of hydrogen-bond acceptors (Lipinski definition) is 5. The molecule has 0 amide bonds. The topological polar surface area (TPSA) is 72.0 Å². The summed E-state index contributed by atoms with van der Waals surface area (Å²) in [4.78, 5) is 8.33. The SMILES string of the molecule is O=S(=O)(NCc1cncs1)c1cnc(Cl)c(Cl)c1. The molecule has 0 unspecified atom stereocenters. The molecule has 18 heavy (non-hydrogen) atoms. The second-order valence-corrected chi connectivity index (χ2v) is 6.74. The highest BCUT2D eigenvalue weighted by Crippen LogP contribution is 2.22. The van der Waals surface area contributed by atoms with Crippen molar-refractivity contribution in [3.05, 3.63) is 39.0 Å². The summed E-state index contributed by atoms with van der Waals surface area (Å²) in [5, 5.41) is 0.162. The summed E-state index contributed by atoms with van der Waals surface area (Å²) >= 11 is 12.7. The third kappa shape index (κ3) is 3.18. The van der Waals surface area contributed by atoms with Gasteiger partial charge in [-0.1, -0.05) is 23.2 Å². The largest absolute Gasteiger partial charge is 0.253 e. The molecular formula is C9H7Cl2N3O2S2. The van der Waals surface area contributed by atoms with Gasteiger partial charge in [0.15, 0.2) is 0 Å². The van der Waals surface area contributed by atoms with Gasteiger partial charge < -0.3 is 0 Å². The molecule has 9 heteroatoms. The minimum Gasteiger partial charge on any atom is -0.253 e. The summed E-state index contributed by atoms with van der Waals surface area (Å²) in [6, 6.07) is 1.26. The van der Waals surface area contributed by atoms with Crippen molar-refractivity contribution in [2.75, 3.05) is 0 Å². The number of nitrogens with zero attached hydrogens (tertiary/aromatic N) is 2. The summed E-state index contributed by atoms with van der Waals surface area (Å²) < 4.78 is 26.3. The number of sulfonamides is 1. The number of halogens is 2. The first-order chi connectivity index (χ1) is 8.49. The predicted molar refractivity (Wildman–Crippen MR) is 70.4 cm³/mol. The normalized spacial score (nSPS) is 11.7. The standard InChI is InChI=1S/C9H7Cl2N3O2S2/c10-8-1-7(4-13-9(8)11)18(15,16)14-3-6-2-12-5-17-6/h1-2,4-5,14H,3H2. The van der Waals surface area contributed by atoms with Crippen molar-refractivity contribution in [1.82, 2.24) is 14.7 Å². The summed E-state index contributed by atoms with van der Waals surface area (Å²) in [5.41, 5.74) is 1.63. The van der Waals surface area contributed by atoms with Gasteiger partial charge in [-0.05, 0) is 6.07 Å². The predicted octanol–water partition coefficient (Wildman–Crippen LogP) is 2.32. The maximum atomic E-state index is 11.9. The lowest BCUT2D eigenvalue weighted by atomic mass is 10.5. The molecule has 0 radical (unpaired) electrons. The summed E-state index contributed by atoms with van der Waals surface area (Å²) in [6.45, 7) is 0.174. The number of hydrogen-bond donors (Lipinski definition) is 1. The highest BCUT2D eigenvalue weighted by Gasteiger charge is 2.16. The molecule has 0 bridgehead atoms. The van der Waals surface area contributed by atoms with E-state index in [2.05, 4.69) is 14.7 Å². The van der Waals surface area contributed by atoms with Gasteiger partial charge in [0.2, 0.25) is 10.0 Å². The van der Waals surface area contributed by atoms with Gasteiger partial charge in [-0.2, -0.15) is 0 Å². The van der Waals surface area contributed by atoms with Crippen LogP contribution in [0.15, 0.2) is 28.9 Å². The summed E-state index contributed by atoms with van der Waals surface area (Å²) in [5.74, 6) is 0. The van der Waals surface area contributed by atoms with Crippen LogP contribution < -0.4 is 4.72 Å². The van der Waals surface area contributed by atoms with Gasteiger partial charge in [-0.3, -0.25) is 4.98 Å². The summed E-state index contributed by atoms with van der Waals surface area (Å²) in [6.07, 6.45) is 2.75. The molecule has 0 aromatic carbocycles. The van der Waals surface area contributed by atoms with Gasteiger partial charge in [0.1, 0.15) is 10.0 Å². The van der Waals surface area contributed by atoms with E-state index in [0.29, 0.717) is 0 Å². The first kappa shape index (κ1) is 13.7. The molecular weight excluding hydrogens is 317 g/mol. The lowest BCUT2D eigenvalue weighted by molar-refractivity contribution is 0.581. The average Bonchev–Trinajstić information content (AvgIpc) is 2.83. The van der Waals surface area contributed by atoms with E-state index in [1.165, 1.54) is 17.4 Å². The van der Waals surface area contributed by atoms with Crippen LogP contribution in [0.25, 0.3) is 0 Å². The first-order valence-corrected chi connectivity index (χ1v) is 7.79. The van der Waals surface area contributed by atoms with Gasteiger partial charge in [-0.25, -0.2) is 18.1 Å². The molecule has 0 saturated heterocycles. The van der Waals surface area contributed by atoms with Gasteiger partial charge in [0, 0.05) is 23.8 Å². The minimum absolute atomic E-state index is 0.0265. The molecule has 0 aliphatic rings. The van der Waals surface area contributed by atoms with E-state index in [-0.39, 0.29) is 21.6 Å². The monoisotopic (exact) mass is 323 g/mol. The maximum Gasteiger partial charge on any atom is 0.242 e. The molecule has 0 fully saturated rings. The van der Waals surface area contributed by atoms with Crippen LogP contribution in [-0.2, 0) is 16.6 Å². The Labute approximate surface area is 118 Å². The van der Waals surface area contributed by atoms with Crippen molar-refractivity contribution in [2.45, 2.75) is 11.4 Å². The third-order valence-corrected chi connectivity index (χ3v) is 4.84. The fourth-order valence-electron chi connectivity index (χ4n) is 1.13. The molecule has 96 valence electrons. The Hall–Kier alpha value is -0.730. The Balaban J connectivity index is 2.17. The van der Waals surface area contributed by atoms with Crippen LogP contribution in [0.3, 0.4) is 0 Å². The number of pyridine rings is 1. The lowest BCUT2D eigenvalue weighted by Crippen LogP contribution is -2.23. The van der Waals surface area contributed by atoms with E-state index in [1.807, 2.05) is 0 Å². The van der Waals surface area contributed by atoms with Gasteiger partial charge >= 0.3 is 0 Å². The average molecular weight is 324 g/mol. The zero-order valence-electron chi connectivity index (χ0n) is 8.80. The van der Waals surface area contributed by atoms with Crippen molar-refractivity contribution < 1.29 is 8.42 Å². The Kier molecular flexibility index (Phi) is 4.18. The Bertz CT molecular complexity index is 644. The molecule has 1 N–H and O–H groups in total. The van der Waals surface area contributed by atoms with Gasteiger partial charge in [-0.15, -0.1) is 11.3 Å². The molecule has 0 spiro atoms. The molecule has 0 aliphatic carbocycles. The van der Waals surface area contributed by atoms with Crippen LogP contribution in [-0.4, -0.2) is 18.4 Å². The number of rotatable bonds is 4. The van der Waals surface area contributed by atoms with Gasteiger partial charge in [0.05, 0.1) is 10.5 Å².